The number of rotatable bonds is 4. The monoisotopic (exact) mass is 550 g/mol. The highest BCUT2D eigenvalue weighted by Crippen LogP contribution is 2.26. The fourth-order valence-electron chi connectivity index (χ4n) is 2.98. The van der Waals surface area contributed by atoms with Gasteiger partial charge in [-0.2, -0.15) is 0 Å². The Hall–Kier alpha value is -2.72. The fourth-order valence-corrected chi connectivity index (χ4v) is 4.84. The van der Waals surface area contributed by atoms with Gasteiger partial charge >= 0.3 is 0 Å². The number of fused-ring (bicyclic) bond motifs is 1. The van der Waals surface area contributed by atoms with Gasteiger partial charge in [-0.1, -0.05) is 50.5 Å². The lowest BCUT2D eigenvalue weighted by molar-refractivity contribution is 0.0989. The molecule has 2 amide bonds. The summed E-state index contributed by atoms with van der Waals surface area (Å²) in [7, 11) is 0. The molecule has 4 rings (SSSR count). The molecule has 0 aliphatic carbocycles. The van der Waals surface area contributed by atoms with E-state index in [1.807, 2.05) is 0 Å². The molecule has 2 heterocycles. The third-order valence-electron chi connectivity index (χ3n) is 4.29. The zero-order chi connectivity index (χ0) is 23.0. The second kappa shape index (κ2) is 9.03. The predicted molar refractivity (Wildman–Crippen MR) is 131 cm³/mol. The zero-order valence-corrected chi connectivity index (χ0v) is 20.2. The summed E-state index contributed by atoms with van der Waals surface area (Å²) in [5.41, 5.74) is 0.745. The smallest absolute Gasteiger partial charge is 0.274 e. The van der Waals surface area contributed by atoms with Crippen LogP contribution in [0.1, 0.15) is 25.9 Å². The van der Waals surface area contributed by atoms with Crippen LogP contribution in [0.4, 0.5) is 11.4 Å². The second-order valence-electron chi connectivity index (χ2n) is 6.71. The molecule has 0 atom stereocenters. The van der Waals surface area contributed by atoms with E-state index in [0.29, 0.717) is 27.1 Å². The first-order chi connectivity index (χ1) is 15.2. The maximum absolute atomic E-state index is 13.2. The van der Waals surface area contributed by atoms with Crippen LogP contribution in [0.3, 0.4) is 0 Å². The number of nitrogens with zero attached hydrogens (tertiary/aromatic N) is 2. The van der Waals surface area contributed by atoms with E-state index in [4.69, 9.17) is 23.2 Å². The Morgan fingerprint density at radius 2 is 1.59 bits per heavy atom. The third kappa shape index (κ3) is 4.71. The van der Waals surface area contributed by atoms with E-state index >= 15 is 0 Å². The molecule has 2 N–H and O–H groups in total. The minimum Gasteiger partial charge on any atom is -0.321 e. The summed E-state index contributed by atoms with van der Waals surface area (Å²) in [5.74, 6) is -1.22. The molecule has 0 bridgehead atoms. The lowest BCUT2D eigenvalue weighted by Crippen LogP contribution is -2.25. The number of halogens is 3. The number of carbonyl (C=O) groups excluding carboxylic acids is 2. The number of aromatic nitrogens is 2. The number of aryl methyl sites for hydroxylation is 1. The number of amides is 2. The molecule has 0 unspecified atom stereocenters. The fraction of sp³-hybridized carbons (Fsp3) is 0.0476. The molecule has 0 aliphatic rings. The minimum absolute atomic E-state index is 0.0194. The summed E-state index contributed by atoms with van der Waals surface area (Å²) in [6.07, 6.45) is 0. The molecule has 162 valence electrons. The van der Waals surface area contributed by atoms with Crippen LogP contribution in [0, 0.1) is 6.92 Å². The molecule has 0 spiro atoms. The highest BCUT2D eigenvalue weighted by atomic mass is 79.9. The molecule has 2 aromatic carbocycles. The Bertz CT molecular complexity index is 1410. The van der Waals surface area contributed by atoms with E-state index in [1.54, 1.807) is 31.2 Å². The topological polar surface area (TPSA) is 92.6 Å². The van der Waals surface area contributed by atoms with Gasteiger partial charge in [-0.3, -0.25) is 14.4 Å². The van der Waals surface area contributed by atoms with Gasteiger partial charge in [0.2, 0.25) is 0 Å². The molecule has 0 saturated carbocycles. The van der Waals surface area contributed by atoms with Crippen LogP contribution in [-0.4, -0.2) is 21.2 Å². The highest BCUT2D eigenvalue weighted by Gasteiger charge is 2.26. The molecular formula is C21H13BrCl2N4O3S. The van der Waals surface area contributed by atoms with Gasteiger partial charge in [0, 0.05) is 37.7 Å². The Kier molecular flexibility index (Phi) is 6.34. The van der Waals surface area contributed by atoms with Crippen LogP contribution >= 0.6 is 50.5 Å². The van der Waals surface area contributed by atoms with E-state index in [2.05, 4.69) is 31.5 Å². The Balaban J connectivity index is 1.79. The molecule has 11 heteroatoms. The van der Waals surface area contributed by atoms with Crippen LogP contribution in [0.15, 0.2) is 57.8 Å². The van der Waals surface area contributed by atoms with Gasteiger partial charge in [-0.15, -0.1) is 0 Å². The minimum atomic E-state index is -0.624. The van der Waals surface area contributed by atoms with E-state index in [-0.39, 0.29) is 15.5 Å². The van der Waals surface area contributed by atoms with Crippen molar-refractivity contribution in [2.45, 2.75) is 6.92 Å². The van der Waals surface area contributed by atoms with Crippen molar-refractivity contribution in [2.24, 2.45) is 0 Å². The van der Waals surface area contributed by atoms with Gasteiger partial charge < -0.3 is 10.6 Å². The van der Waals surface area contributed by atoms with Gasteiger partial charge in [0.1, 0.15) is 10.6 Å². The van der Waals surface area contributed by atoms with Gasteiger partial charge in [0.15, 0.2) is 4.96 Å². The summed E-state index contributed by atoms with van der Waals surface area (Å²) >= 11 is 16.3. The van der Waals surface area contributed by atoms with Crippen molar-refractivity contribution < 1.29 is 9.59 Å². The largest absolute Gasteiger partial charge is 0.321 e. The molecule has 32 heavy (non-hydrogen) atoms. The molecule has 0 aliphatic heterocycles. The molecular weight excluding hydrogens is 539 g/mol. The zero-order valence-electron chi connectivity index (χ0n) is 16.3. The number of hydrogen-bond acceptors (Lipinski definition) is 5. The molecule has 0 radical (unpaired) electrons. The molecule has 0 saturated heterocycles. The SMILES string of the molecule is Cc1cc(=O)n2c(C(=O)Nc3ccc(Br)cc3)c(C(=O)Nc3cc(Cl)cc(Cl)c3)sc2n1. The average Bonchev–Trinajstić information content (AvgIpc) is 3.09. The standard InChI is InChI=1S/C21H13BrCl2N4O3S/c1-10-6-16(29)28-17(19(30)26-14-4-2-11(22)3-5-14)18(32-21(28)25-10)20(31)27-15-8-12(23)7-13(24)9-15/h2-9H,1H3,(H,26,30)(H,27,31). The molecule has 7 nitrogen and oxygen atoms in total. The first-order valence-electron chi connectivity index (χ1n) is 9.09. The van der Waals surface area contributed by atoms with Crippen molar-refractivity contribution in [3.05, 3.63) is 89.7 Å². The average molecular weight is 552 g/mol. The Morgan fingerprint density at radius 1 is 0.969 bits per heavy atom. The predicted octanol–water partition coefficient (Wildman–Crippen LogP) is 5.64. The normalized spacial score (nSPS) is 10.9. The van der Waals surface area contributed by atoms with Crippen molar-refractivity contribution in [1.82, 2.24) is 9.38 Å². The van der Waals surface area contributed by atoms with Crippen molar-refractivity contribution in [2.75, 3.05) is 10.6 Å². The quantitative estimate of drug-likeness (QED) is 0.343. The van der Waals surface area contributed by atoms with Crippen molar-refractivity contribution >= 4 is 78.6 Å². The Labute approximate surface area is 204 Å². The van der Waals surface area contributed by atoms with Crippen molar-refractivity contribution in [3.63, 3.8) is 0 Å². The van der Waals surface area contributed by atoms with Crippen LogP contribution in [0.25, 0.3) is 4.96 Å². The number of benzene rings is 2. The summed E-state index contributed by atoms with van der Waals surface area (Å²) in [6, 6.07) is 12.8. The number of thiazole rings is 1. The number of anilines is 2. The van der Waals surface area contributed by atoms with Crippen LogP contribution in [0.5, 0.6) is 0 Å². The van der Waals surface area contributed by atoms with E-state index in [1.165, 1.54) is 24.3 Å². The van der Waals surface area contributed by atoms with E-state index < -0.39 is 17.4 Å². The van der Waals surface area contributed by atoms with Crippen LogP contribution in [0.2, 0.25) is 10.0 Å². The number of hydrogen-bond donors (Lipinski definition) is 2. The highest BCUT2D eigenvalue weighted by molar-refractivity contribution is 9.10. The maximum atomic E-state index is 13.2. The van der Waals surface area contributed by atoms with E-state index in [9.17, 15) is 14.4 Å². The molecule has 0 fully saturated rings. The van der Waals surface area contributed by atoms with E-state index in [0.717, 1.165) is 20.2 Å². The summed E-state index contributed by atoms with van der Waals surface area (Å²) in [6.45, 7) is 1.66. The summed E-state index contributed by atoms with van der Waals surface area (Å²) in [4.78, 5) is 43.5. The van der Waals surface area contributed by atoms with Gasteiger partial charge in [-0.25, -0.2) is 9.38 Å². The van der Waals surface area contributed by atoms with Crippen molar-refractivity contribution in [3.8, 4) is 0 Å². The summed E-state index contributed by atoms with van der Waals surface area (Å²) in [5, 5.41) is 6.07. The lowest BCUT2D eigenvalue weighted by atomic mass is 10.2. The number of nitrogens with one attached hydrogen (secondary N) is 2. The third-order valence-corrected chi connectivity index (χ3v) is 6.30. The maximum Gasteiger partial charge on any atom is 0.274 e. The van der Waals surface area contributed by atoms with Gasteiger partial charge in [-0.05, 0) is 49.4 Å². The van der Waals surface area contributed by atoms with Crippen molar-refractivity contribution in [1.29, 1.82) is 0 Å². The lowest BCUT2D eigenvalue weighted by Gasteiger charge is -2.09. The Morgan fingerprint density at radius 3 is 2.25 bits per heavy atom. The van der Waals surface area contributed by atoms with Gasteiger partial charge in [0.05, 0.1) is 0 Å². The number of carbonyl (C=O) groups is 2. The second-order valence-corrected chi connectivity index (χ2v) is 9.47. The van der Waals surface area contributed by atoms with Crippen LogP contribution in [-0.2, 0) is 0 Å². The summed E-state index contributed by atoms with van der Waals surface area (Å²) < 4.78 is 1.97. The van der Waals surface area contributed by atoms with Crippen LogP contribution < -0.4 is 16.2 Å². The van der Waals surface area contributed by atoms with Gasteiger partial charge in [0.25, 0.3) is 17.4 Å². The molecule has 2 aromatic heterocycles. The molecule has 4 aromatic rings. The first-order valence-corrected chi connectivity index (χ1v) is 11.5. The first kappa shape index (κ1) is 22.5.